The average molecular weight is 352 g/mol. The van der Waals surface area contributed by atoms with E-state index in [-0.39, 0.29) is 0 Å². The zero-order valence-corrected chi connectivity index (χ0v) is 15.3. The highest BCUT2D eigenvalue weighted by molar-refractivity contribution is 7.22. The van der Waals surface area contributed by atoms with Crippen molar-refractivity contribution in [3.63, 3.8) is 0 Å². The molecule has 1 saturated heterocycles. The Bertz CT molecular complexity index is 760. The molecule has 0 spiro atoms. The fourth-order valence-corrected chi connectivity index (χ4v) is 4.55. The van der Waals surface area contributed by atoms with Crippen LogP contribution < -0.4 is 10.2 Å². The molecule has 4 rings (SSSR count). The normalized spacial score (nSPS) is 15.5. The van der Waals surface area contributed by atoms with E-state index < -0.39 is 0 Å². The van der Waals surface area contributed by atoms with Gasteiger partial charge in [0.15, 0.2) is 5.13 Å². The van der Waals surface area contributed by atoms with Crippen molar-refractivity contribution in [2.45, 2.75) is 19.3 Å². The molecule has 0 radical (unpaired) electrons. The maximum absolute atomic E-state index is 4.92. The van der Waals surface area contributed by atoms with E-state index in [4.69, 9.17) is 4.98 Å². The van der Waals surface area contributed by atoms with E-state index in [1.807, 2.05) is 11.3 Å². The zero-order chi connectivity index (χ0) is 16.9. The number of rotatable bonds is 6. The maximum atomic E-state index is 4.92. The van der Waals surface area contributed by atoms with Crippen molar-refractivity contribution in [3.8, 4) is 0 Å². The third kappa shape index (κ3) is 4.20. The van der Waals surface area contributed by atoms with Crippen molar-refractivity contribution in [1.29, 1.82) is 0 Å². The van der Waals surface area contributed by atoms with Crippen molar-refractivity contribution in [3.05, 3.63) is 60.2 Å². The highest BCUT2D eigenvalue weighted by Gasteiger charge is 2.19. The number of anilines is 1. The maximum Gasteiger partial charge on any atom is 0.186 e. The second-order valence-corrected chi connectivity index (χ2v) is 7.85. The predicted octanol–water partition coefficient (Wildman–Crippen LogP) is 4.35. The monoisotopic (exact) mass is 351 g/mol. The summed E-state index contributed by atoms with van der Waals surface area (Å²) in [7, 11) is 0. The minimum atomic E-state index is 0.768. The number of para-hydroxylation sites is 1. The number of nitrogens with one attached hydrogen (secondary N) is 1. The lowest BCUT2D eigenvalue weighted by atomic mass is 9.97. The molecular weight excluding hydrogens is 326 g/mol. The zero-order valence-electron chi connectivity index (χ0n) is 14.5. The van der Waals surface area contributed by atoms with E-state index >= 15 is 0 Å². The van der Waals surface area contributed by atoms with Crippen molar-refractivity contribution in [2.75, 3.05) is 31.1 Å². The lowest BCUT2D eigenvalue weighted by molar-refractivity contribution is 0.373. The van der Waals surface area contributed by atoms with Crippen LogP contribution in [0.15, 0.2) is 54.6 Å². The van der Waals surface area contributed by atoms with E-state index in [9.17, 15) is 0 Å². The third-order valence-corrected chi connectivity index (χ3v) is 6.10. The summed E-state index contributed by atoms with van der Waals surface area (Å²) in [6.07, 6.45) is 3.61. The van der Waals surface area contributed by atoms with Crippen molar-refractivity contribution >= 4 is 26.7 Å². The van der Waals surface area contributed by atoms with Gasteiger partial charge in [0.1, 0.15) is 0 Å². The van der Waals surface area contributed by atoms with Gasteiger partial charge in [-0.2, -0.15) is 0 Å². The van der Waals surface area contributed by atoms with Gasteiger partial charge < -0.3 is 10.2 Å². The Balaban J connectivity index is 1.53. The quantitative estimate of drug-likeness (QED) is 0.716. The molecule has 2 heterocycles. The number of benzene rings is 2. The largest absolute Gasteiger partial charge is 0.347 e. The minimum Gasteiger partial charge on any atom is -0.347 e. The van der Waals surface area contributed by atoms with Crippen LogP contribution >= 0.6 is 11.3 Å². The molecule has 4 heteroatoms. The fraction of sp³-hybridized carbons (Fsp3) is 0.381. The first-order valence-electron chi connectivity index (χ1n) is 9.23. The lowest BCUT2D eigenvalue weighted by Gasteiger charge is -2.30. The van der Waals surface area contributed by atoms with E-state index in [1.165, 1.54) is 28.2 Å². The van der Waals surface area contributed by atoms with Crippen LogP contribution in [0.25, 0.3) is 10.2 Å². The first-order chi connectivity index (χ1) is 12.4. The molecule has 2 aromatic carbocycles. The standard InChI is InChI=1S/C21H25N3S/c1-2-6-17(7-3-1)12-15-24(16-18-10-13-22-14-11-18)21-23-19-8-4-5-9-20(19)25-21/h1-9,18,22H,10-16H2. The Morgan fingerprint density at radius 1 is 1.00 bits per heavy atom. The second-order valence-electron chi connectivity index (χ2n) is 6.84. The molecule has 0 aliphatic carbocycles. The smallest absolute Gasteiger partial charge is 0.186 e. The van der Waals surface area contributed by atoms with E-state index in [1.54, 1.807) is 0 Å². The average Bonchev–Trinajstić information content (AvgIpc) is 3.11. The summed E-state index contributed by atoms with van der Waals surface area (Å²) >= 11 is 1.83. The Labute approximate surface area is 153 Å². The molecule has 1 N–H and O–H groups in total. The summed E-state index contributed by atoms with van der Waals surface area (Å²) in [5.74, 6) is 0.768. The Morgan fingerprint density at radius 2 is 1.76 bits per heavy atom. The summed E-state index contributed by atoms with van der Waals surface area (Å²) in [5.41, 5.74) is 2.52. The molecule has 0 saturated carbocycles. The summed E-state index contributed by atoms with van der Waals surface area (Å²) in [6, 6.07) is 19.3. The molecule has 1 aromatic heterocycles. The van der Waals surface area contributed by atoms with Gasteiger partial charge >= 0.3 is 0 Å². The summed E-state index contributed by atoms with van der Waals surface area (Å²) in [5, 5.41) is 4.65. The molecular formula is C21H25N3S. The lowest BCUT2D eigenvalue weighted by Crippen LogP contribution is -2.37. The SMILES string of the molecule is c1ccc(CCN(CC2CCNCC2)c2nc3ccccc3s2)cc1. The highest BCUT2D eigenvalue weighted by atomic mass is 32.1. The van der Waals surface area contributed by atoms with Crippen LogP contribution in [0.3, 0.4) is 0 Å². The molecule has 0 unspecified atom stereocenters. The van der Waals surface area contributed by atoms with Crippen molar-refractivity contribution in [2.24, 2.45) is 5.92 Å². The number of hydrogen-bond donors (Lipinski definition) is 1. The van der Waals surface area contributed by atoms with Gasteiger partial charge in [-0.1, -0.05) is 53.8 Å². The fourth-order valence-electron chi connectivity index (χ4n) is 3.55. The van der Waals surface area contributed by atoms with Gasteiger partial charge in [0.25, 0.3) is 0 Å². The van der Waals surface area contributed by atoms with E-state index in [2.05, 4.69) is 64.8 Å². The number of fused-ring (bicyclic) bond motifs is 1. The minimum absolute atomic E-state index is 0.768. The molecule has 0 amide bonds. The molecule has 130 valence electrons. The Morgan fingerprint density at radius 3 is 2.56 bits per heavy atom. The summed E-state index contributed by atoms with van der Waals surface area (Å²) < 4.78 is 1.28. The summed E-state index contributed by atoms with van der Waals surface area (Å²) in [4.78, 5) is 7.44. The number of thiazole rings is 1. The van der Waals surface area contributed by atoms with Gasteiger partial charge in [-0.3, -0.25) is 0 Å². The van der Waals surface area contributed by atoms with Crippen LogP contribution in [0, 0.1) is 5.92 Å². The highest BCUT2D eigenvalue weighted by Crippen LogP contribution is 2.30. The third-order valence-electron chi connectivity index (χ3n) is 5.00. The second kappa shape index (κ2) is 7.98. The molecule has 0 atom stereocenters. The number of piperidine rings is 1. The predicted molar refractivity (Wildman–Crippen MR) is 108 cm³/mol. The van der Waals surface area contributed by atoms with Gasteiger partial charge in [-0.05, 0) is 56.0 Å². The van der Waals surface area contributed by atoms with Crippen LogP contribution in [0.1, 0.15) is 18.4 Å². The first-order valence-corrected chi connectivity index (χ1v) is 10.1. The van der Waals surface area contributed by atoms with Crippen molar-refractivity contribution < 1.29 is 0 Å². The Kier molecular flexibility index (Phi) is 5.28. The van der Waals surface area contributed by atoms with Crippen LogP contribution in [0.4, 0.5) is 5.13 Å². The van der Waals surface area contributed by atoms with Crippen LogP contribution in [-0.2, 0) is 6.42 Å². The van der Waals surface area contributed by atoms with Gasteiger partial charge in [0.2, 0.25) is 0 Å². The van der Waals surface area contributed by atoms with E-state index in [0.29, 0.717) is 0 Å². The van der Waals surface area contributed by atoms with Gasteiger partial charge in [0, 0.05) is 13.1 Å². The summed E-state index contributed by atoms with van der Waals surface area (Å²) in [6.45, 7) is 4.45. The first kappa shape index (κ1) is 16.6. The molecule has 3 nitrogen and oxygen atoms in total. The Hall–Kier alpha value is -1.91. The van der Waals surface area contributed by atoms with Crippen LogP contribution in [0.2, 0.25) is 0 Å². The molecule has 1 aliphatic rings. The number of hydrogen-bond acceptors (Lipinski definition) is 4. The number of aromatic nitrogens is 1. The van der Waals surface area contributed by atoms with Gasteiger partial charge in [-0.25, -0.2) is 4.98 Å². The van der Waals surface area contributed by atoms with Crippen molar-refractivity contribution in [1.82, 2.24) is 10.3 Å². The van der Waals surface area contributed by atoms with Gasteiger partial charge in [0.05, 0.1) is 10.2 Å². The molecule has 25 heavy (non-hydrogen) atoms. The number of nitrogens with zero attached hydrogens (tertiary/aromatic N) is 2. The van der Waals surface area contributed by atoms with E-state index in [0.717, 1.165) is 44.0 Å². The topological polar surface area (TPSA) is 28.2 Å². The van der Waals surface area contributed by atoms with Crippen LogP contribution in [-0.4, -0.2) is 31.2 Å². The van der Waals surface area contributed by atoms with Crippen LogP contribution in [0.5, 0.6) is 0 Å². The van der Waals surface area contributed by atoms with Gasteiger partial charge in [-0.15, -0.1) is 0 Å². The molecule has 0 bridgehead atoms. The molecule has 1 fully saturated rings. The molecule has 1 aliphatic heterocycles. The molecule has 3 aromatic rings.